The van der Waals surface area contributed by atoms with Gasteiger partial charge in [-0.05, 0) is 110 Å². The Kier molecular flexibility index (Phi) is 6.21. The van der Waals surface area contributed by atoms with E-state index in [0.29, 0.717) is 12.0 Å². The molecule has 0 bridgehead atoms. The molecule has 0 N–H and O–H groups in total. The quantitative estimate of drug-likeness (QED) is 0.181. The molecule has 57 heavy (non-hydrogen) atoms. The lowest BCUT2D eigenvalue weighted by Crippen LogP contribution is -2.28. The molecule has 7 aromatic carbocycles. The average Bonchev–Trinajstić information content (AvgIpc) is 3.98. The van der Waals surface area contributed by atoms with E-state index in [4.69, 9.17) is 0 Å². The van der Waals surface area contributed by atoms with Crippen LogP contribution in [0, 0.1) is 0 Å². The van der Waals surface area contributed by atoms with E-state index in [9.17, 15) is 0 Å². The molecule has 0 amide bonds. The van der Waals surface area contributed by atoms with Gasteiger partial charge in [0.15, 0.2) is 0 Å². The summed E-state index contributed by atoms with van der Waals surface area (Å²) in [6.45, 7) is 0. The third-order valence-electron chi connectivity index (χ3n) is 13.2. The van der Waals surface area contributed by atoms with Crippen LogP contribution >= 0.6 is 0 Å². The molecule has 3 heteroatoms. The second-order valence-corrected chi connectivity index (χ2v) is 15.8. The zero-order valence-corrected chi connectivity index (χ0v) is 31.0. The van der Waals surface area contributed by atoms with Crippen LogP contribution in [-0.2, 0) is 5.41 Å². The molecule has 0 saturated carbocycles. The van der Waals surface area contributed by atoms with Crippen LogP contribution in [0.15, 0.2) is 200 Å². The van der Waals surface area contributed by atoms with Crippen molar-refractivity contribution in [2.75, 3.05) is 4.90 Å². The third kappa shape index (κ3) is 4.03. The summed E-state index contributed by atoms with van der Waals surface area (Å²) in [5.41, 5.74) is 19.9. The van der Waals surface area contributed by atoms with Crippen molar-refractivity contribution in [1.82, 2.24) is 9.55 Å². The van der Waals surface area contributed by atoms with Gasteiger partial charge in [-0.15, -0.1) is 0 Å². The number of hydrogen-bond acceptors (Lipinski definition) is 2. The van der Waals surface area contributed by atoms with Crippen molar-refractivity contribution in [3.05, 3.63) is 228 Å². The molecule has 3 heterocycles. The van der Waals surface area contributed by atoms with E-state index in [2.05, 4.69) is 209 Å². The number of benzene rings is 7. The van der Waals surface area contributed by atoms with Gasteiger partial charge in [0, 0.05) is 51.7 Å². The summed E-state index contributed by atoms with van der Waals surface area (Å²) in [6, 6.07) is 61.4. The third-order valence-corrected chi connectivity index (χ3v) is 13.2. The highest BCUT2D eigenvalue weighted by Crippen LogP contribution is 2.63. The van der Waals surface area contributed by atoms with E-state index in [-0.39, 0.29) is 0 Å². The Balaban J connectivity index is 0.947. The number of para-hydroxylation sites is 2. The van der Waals surface area contributed by atoms with Gasteiger partial charge in [0.1, 0.15) is 0 Å². The van der Waals surface area contributed by atoms with Crippen LogP contribution in [0.25, 0.3) is 60.9 Å². The Morgan fingerprint density at radius 1 is 0.474 bits per heavy atom. The fourth-order valence-electron chi connectivity index (χ4n) is 10.9. The Morgan fingerprint density at radius 3 is 1.91 bits per heavy atom. The summed E-state index contributed by atoms with van der Waals surface area (Å²) in [6.07, 6.45) is 13.1. The Labute approximate surface area is 331 Å². The lowest BCUT2D eigenvalue weighted by molar-refractivity contribution is 0.745. The molecule has 2 aromatic heterocycles. The second kappa shape index (κ2) is 11.4. The molecular weight excluding hydrogens is 691 g/mol. The van der Waals surface area contributed by atoms with Crippen molar-refractivity contribution >= 4 is 33.2 Å². The van der Waals surface area contributed by atoms with Crippen LogP contribution < -0.4 is 4.90 Å². The number of aromatic nitrogens is 2. The minimum absolute atomic E-state index is 0.295. The molecule has 3 nitrogen and oxygen atoms in total. The van der Waals surface area contributed by atoms with Gasteiger partial charge in [0.25, 0.3) is 0 Å². The molecule has 9 aromatic rings. The van der Waals surface area contributed by atoms with Crippen LogP contribution in [-0.4, -0.2) is 15.6 Å². The maximum absolute atomic E-state index is 4.69. The molecule has 1 aliphatic heterocycles. The number of nitrogens with zero attached hydrogens (tertiary/aromatic N) is 3. The Bertz CT molecular complexity index is 3150. The minimum atomic E-state index is -0.422. The van der Waals surface area contributed by atoms with Crippen LogP contribution in [0.2, 0.25) is 0 Å². The summed E-state index contributed by atoms with van der Waals surface area (Å²) in [5, 5.41) is 2.51. The molecule has 2 atom stereocenters. The summed E-state index contributed by atoms with van der Waals surface area (Å²) in [5.74, 6) is 0.378. The fraction of sp³-hybridized carbons (Fsp3) is 0.0556. The van der Waals surface area contributed by atoms with E-state index in [1.807, 2.05) is 6.20 Å². The average molecular weight is 726 g/mol. The fourth-order valence-corrected chi connectivity index (χ4v) is 10.9. The first-order chi connectivity index (χ1) is 28.3. The lowest BCUT2D eigenvalue weighted by Gasteiger charge is -2.30. The molecule has 4 aliphatic rings. The SMILES string of the molecule is C1=CC2c3ccccc3N(c3ccc(-c4ccc(-n5c6ccccc6c6cc7c(cc65)C5(c6ccccc6-c6ccccc65)c5ccncc5-7)cc4)cc3)C2C=C1. The molecule has 0 fully saturated rings. The summed E-state index contributed by atoms with van der Waals surface area (Å²) in [4.78, 5) is 7.18. The van der Waals surface area contributed by atoms with Crippen molar-refractivity contribution < 1.29 is 0 Å². The van der Waals surface area contributed by atoms with E-state index in [0.717, 1.165) is 5.69 Å². The highest BCUT2D eigenvalue weighted by molar-refractivity contribution is 6.12. The van der Waals surface area contributed by atoms with Gasteiger partial charge < -0.3 is 9.47 Å². The van der Waals surface area contributed by atoms with Crippen LogP contribution in [0.1, 0.15) is 33.7 Å². The van der Waals surface area contributed by atoms with Crippen LogP contribution in [0.3, 0.4) is 0 Å². The normalized spacial score (nSPS) is 17.4. The van der Waals surface area contributed by atoms with Gasteiger partial charge in [-0.25, -0.2) is 0 Å². The Morgan fingerprint density at radius 2 is 1.12 bits per heavy atom. The predicted molar refractivity (Wildman–Crippen MR) is 234 cm³/mol. The molecule has 3 aliphatic carbocycles. The minimum Gasteiger partial charge on any atom is -0.333 e. The largest absolute Gasteiger partial charge is 0.333 e. The van der Waals surface area contributed by atoms with E-state index >= 15 is 0 Å². The maximum atomic E-state index is 4.69. The first-order valence-electron chi connectivity index (χ1n) is 19.9. The monoisotopic (exact) mass is 725 g/mol. The molecular formula is C54H35N3. The summed E-state index contributed by atoms with van der Waals surface area (Å²) in [7, 11) is 0. The molecule has 13 rings (SSSR count). The van der Waals surface area contributed by atoms with Gasteiger partial charge in [-0.2, -0.15) is 0 Å². The van der Waals surface area contributed by atoms with Crippen LogP contribution in [0.5, 0.6) is 0 Å². The van der Waals surface area contributed by atoms with Gasteiger partial charge in [-0.1, -0.05) is 133 Å². The van der Waals surface area contributed by atoms with Gasteiger partial charge >= 0.3 is 0 Å². The molecule has 2 unspecified atom stereocenters. The topological polar surface area (TPSA) is 21.1 Å². The molecule has 0 radical (unpaired) electrons. The zero-order chi connectivity index (χ0) is 37.2. The van der Waals surface area contributed by atoms with Crippen molar-refractivity contribution in [3.63, 3.8) is 0 Å². The highest BCUT2D eigenvalue weighted by Gasteiger charge is 2.52. The van der Waals surface area contributed by atoms with E-state index in [1.54, 1.807) is 0 Å². The molecule has 0 saturated heterocycles. The summed E-state index contributed by atoms with van der Waals surface area (Å²) >= 11 is 0. The number of anilines is 2. The van der Waals surface area contributed by atoms with Crippen molar-refractivity contribution in [3.8, 4) is 39.1 Å². The van der Waals surface area contributed by atoms with E-state index in [1.165, 1.54) is 94.4 Å². The first kappa shape index (κ1) is 31.0. The van der Waals surface area contributed by atoms with Crippen LogP contribution in [0.4, 0.5) is 11.4 Å². The molecule has 1 spiro atoms. The second-order valence-electron chi connectivity index (χ2n) is 15.8. The van der Waals surface area contributed by atoms with Crippen molar-refractivity contribution in [2.24, 2.45) is 0 Å². The van der Waals surface area contributed by atoms with Gasteiger partial charge in [-0.3, -0.25) is 4.98 Å². The number of pyridine rings is 1. The summed E-state index contributed by atoms with van der Waals surface area (Å²) < 4.78 is 2.47. The first-order valence-corrected chi connectivity index (χ1v) is 19.9. The number of hydrogen-bond donors (Lipinski definition) is 0. The number of rotatable bonds is 3. The zero-order valence-electron chi connectivity index (χ0n) is 31.0. The lowest BCUT2D eigenvalue weighted by atomic mass is 9.70. The maximum Gasteiger partial charge on any atom is 0.0727 e. The Hall–Kier alpha value is -7.23. The van der Waals surface area contributed by atoms with Crippen molar-refractivity contribution in [2.45, 2.75) is 17.4 Å². The predicted octanol–water partition coefficient (Wildman–Crippen LogP) is 12.9. The van der Waals surface area contributed by atoms with Crippen molar-refractivity contribution in [1.29, 1.82) is 0 Å². The standard InChI is InChI=1S/C54H35N3/c1-6-16-46-38(11-1)39-12-2-7-17-47(39)54(46)48-29-30-55-33-45(48)43-31-44-42-15-5-10-20-52(42)57(53(44)32-49(43)54)37-27-23-35(24-28-37)34-21-25-36(26-22-34)56-50-18-8-3-13-40(50)41-14-4-9-19-51(41)56/h1-33,40,50H. The highest BCUT2D eigenvalue weighted by atomic mass is 15.2. The number of allylic oxidation sites excluding steroid dienone is 2. The molecule has 266 valence electrons. The van der Waals surface area contributed by atoms with Gasteiger partial charge in [0.2, 0.25) is 0 Å². The number of fused-ring (bicyclic) bond motifs is 16. The van der Waals surface area contributed by atoms with Gasteiger partial charge in [0.05, 0.1) is 22.5 Å². The smallest absolute Gasteiger partial charge is 0.0727 e. The van der Waals surface area contributed by atoms with E-state index < -0.39 is 5.41 Å².